The molecule has 4 heteroatoms. The second-order valence-electron chi connectivity index (χ2n) is 6.25. The summed E-state index contributed by atoms with van der Waals surface area (Å²) in [6, 6.07) is 1.07. The maximum Gasteiger partial charge on any atom is 0.320 e. The van der Waals surface area contributed by atoms with Crippen molar-refractivity contribution in [1.29, 1.82) is 0 Å². The van der Waals surface area contributed by atoms with Gasteiger partial charge in [-0.15, -0.1) is 0 Å². The lowest BCUT2D eigenvalue weighted by Gasteiger charge is -2.36. The molecule has 3 atom stereocenters. The average Bonchev–Trinajstić information content (AvgIpc) is 2.37. The monoisotopic (exact) mass is 222 g/mol. The maximum atomic E-state index is 12.0. The van der Waals surface area contributed by atoms with Crippen molar-refractivity contribution in [1.82, 2.24) is 9.80 Å². The van der Waals surface area contributed by atoms with Crippen molar-refractivity contribution in [2.75, 3.05) is 14.1 Å². The highest BCUT2D eigenvalue weighted by Crippen LogP contribution is 2.41. The second kappa shape index (κ2) is 3.97. The Balaban J connectivity index is 2.21. The molecule has 2 aliphatic rings. The Kier molecular flexibility index (Phi) is 2.93. The minimum atomic E-state index is 0.202. The van der Waals surface area contributed by atoms with Crippen molar-refractivity contribution in [3.63, 3.8) is 0 Å². The molecule has 2 amide bonds. The van der Waals surface area contributed by atoms with Crippen molar-refractivity contribution < 1.29 is 4.79 Å². The molecule has 16 heavy (non-hydrogen) atoms. The number of amides is 2. The number of hydrogen-bond acceptors (Lipinski definition) is 1. The molecule has 2 rings (SSSR count). The fraction of sp³-hybridized carbons (Fsp3) is 0.917. The van der Waals surface area contributed by atoms with Gasteiger partial charge in [-0.05, 0) is 12.8 Å². The van der Waals surface area contributed by atoms with Gasteiger partial charge in [0.15, 0.2) is 0 Å². The number of likely N-dealkylation sites (N-methyl/N-ethyl adjacent to an activating group) is 2. The summed E-state index contributed by atoms with van der Waals surface area (Å²) in [5.41, 5.74) is 0. The Morgan fingerprint density at radius 1 is 1.25 bits per heavy atom. The molecule has 1 saturated heterocycles. The number of hydrogen-bond donors (Lipinski definition) is 0. The molecule has 0 aromatic carbocycles. The SMILES string of the molecule is BC1(C)CCCCC2C(C1)N(C)C(=O)N2C. The minimum absolute atomic E-state index is 0.202. The van der Waals surface area contributed by atoms with Crippen LogP contribution in [0, 0.1) is 0 Å². The molecule has 3 unspecified atom stereocenters. The predicted octanol–water partition coefficient (Wildman–Crippen LogP) is 1.50. The van der Waals surface area contributed by atoms with Gasteiger partial charge in [0.25, 0.3) is 0 Å². The Hall–Kier alpha value is -0.665. The normalized spacial score (nSPS) is 40.6. The summed E-state index contributed by atoms with van der Waals surface area (Å²) in [6.45, 7) is 2.34. The van der Waals surface area contributed by atoms with E-state index in [1.165, 1.54) is 25.7 Å². The van der Waals surface area contributed by atoms with Gasteiger partial charge in [-0.2, -0.15) is 0 Å². The van der Waals surface area contributed by atoms with Gasteiger partial charge in [0.1, 0.15) is 7.85 Å². The average molecular weight is 222 g/mol. The molecule has 3 nitrogen and oxygen atoms in total. The standard InChI is InChI=1S/C12H23BN2O/c1-12(13)7-5-4-6-9-10(8-12)15(3)11(16)14(9)2/h9-10H,4-8,13H2,1-3H3. The van der Waals surface area contributed by atoms with Crippen LogP contribution in [0.2, 0.25) is 5.31 Å². The molecule has 90 valence electrons. The van der Waals surface area contributed by atoms with Gasteiger partial charge in [-0.3, -0.25) is 0 Å². The zero-order valence-electron chi connectivity index (χ0n) is 11.0. The van der Waals surface area contributed by atoms with Crippen LogP contribution in [0.15, 0.2) is 0 Å². The first-order valence-corrected chi connectivity index (χ1v) is 6.42. The highest BCUT2D eigenvalue weighted by molar-refractivity contribution is 6.14. The van der Waals surface area contributed by atoms with E-state index in [1.54, 1.807) is 0 Å². The minimum Gasteiger partial charge on any atom is -0.323 e. The zero-order valence-corrected chi connectivity index (χ0v) is 11.0. The van der Waals surface area contributed by atoms with E-state index in [0.29, 0.717) is 17.4 Å². The number of nitrogens with zero attached hydrogens (tertiary/aromatic N) is 2. The van der Waals surface area contributed by atoms with Crippen molar-refractivity contribution in [3.8, 4) is 0 Å². The third kappa shape index (κ3) is 1.94. The largest absolute Gasteiger partial charge is 0.323 e. The van der Waals surface area contributed by atoms with Crippen LogP contribution in [0.25, 0.3) is 0 Å². The molecule has 1 saturated carbocycles. The molecule has 0 radical (unpaired) electrons. The third-order valence-corrected chi connectivity index (χ3v) is 4.41. The highest BCUT2D eigenvalue weighted by atomic mass is 16.2. The molecule has 1 heterocycles. The van der Waals surface area contributed by atoms with E-state index in [1.807, 2.05) is 23.9 Å². The third-order valence-electron chi connectivity index (χ3n) is 4.41. The van der Waals surface area contributed by atoms with Crippen molar-refractivity contribution in [2.24, 2.45) is 0 Å². The molecule has 0 aromatic rings. The molecule has 1 aliphatic heterocycles. The second-order valence-corrected chi connectivity index (χ2v) is 6.25. The Labute approximate surface area is 99.6 Å². The molecule has 0 bridgehead atoms. The summed E-state index contributed by atoms with van der Waals surface area (Å²) in [4.78, 5) is 15.9. The van der Waals surface area contributed by atoms with Crippen molar-refractivity contribution in [2.45, 2.75) is 56.4 Å². The van der Waals surface area contributed by atoms with Gasteiger partial charge < -0.3 is 9.80 Å². The van der Waals surface area contributed by atoms with Crippen LogP contribution in [0.1, 0.15) is 39.0 Å². The van der Waals surface area contributed by atoms with Crippen LogP contribution >= 0.6 is 0 Å². The molecule has 0 aromatic heterocycles. The first kappa shape index (κ1) is 11.8. The van der Waals surface area contributed by atoms with Gasteiger partial charge in [0.2, 0.25) is 0 Å². The summed E-state index contributed by atoms with van der Waals surface area (Å²) in [7, 11) is 6.26. The van der Waals surface area contributed by atoms with E-state index >= 15 is 0 Å². The zero-order chi connectivity index (χ0) is 11.9. The Morgan fingerprint density at radius 3 is 2.56 bits per heavy atom. The van der Waals surface area contributed by atoms with E-state index < -0.39 is 0 Å². The van der Waals surface area contributed by atoms with Crippen molar-refractivity contribution in [3.05, 3.63) is 0 Å². The van der Waals surface area contributed by atoms with Crippen LogP contribution in [0.4, 0.5) is 4.79 Å². The maximum absolute atomic E-state index is 12.0. The number of fused-ring (bicyclic) bond motifs is 1. The topological polar surface area (TPSA) is 23.6 Å². The summed E-state index contributed by atoms with van der Waals surface area (Å²) in [6.07, 6.45) is 6.18. The molecule has 0 N–H and O–H groups in total. The number of rotatable bonds is 0. The number of urea groups is 1. The quantitative estimate of drug-likeness (QED) is 0.569. The van der Waals surface area contributed by atoms with Crippen LogP contribution in [0.3, 0.4) is 0 Å². The van der Waals surface area contributed by atoms with Crippen LogP contribution in [-0.2, 0) is 0 Å². The fourth-order valence-electron chi connectivity index (χ4n) is 3.33. The fourth-order valence-corrected chi connectivity index (χ4v) is 3.33. The van der Waals surface area contributed by atoms with Gasteiger partial charge in [0, 0.05) is 14.1 Å². The summed E-state index contributed by atoms with van der Waals surface area (Å²) in [5, 5.41) is 0.378. The Bertz CT molecular complexity index is 293. The lowest BCUT2D eigenvalue weighted by Crippen LogP contribution is -2.39. The summed E-state index contributed by atoms with van der Waals surface area (Å²) < 4.78 is 0. The smallest absolute Gasteiger partial charge is 0.320 e. The predicted molar refractivity (Wildman–Crippen MR) is 68.5 cm³/mol. The first-order chi connectivity index (χ1) is 7.42. The van der Waals surface area contributed by atoms with E-state index in [-0.39, 0.29) is 6.03 Å². The van der Waals surface area contributed by atoms with E-state index in [2.05, 4.69) is 14.8 Å². The number of carbonyl (C=O) groups excluding carboxylic acids is 1. The molecule has 2 fully saturated rings. The van der Waals surface area contributed by atoms with Crippen molar-refractivity contribution >= 4 is 13.9 Å². The lowest BCUT2D eigenvalue weighted by atomic mass is 9.62. The van der Waals surface area contributed by atoms with E-state index in [0.717, 1.165) is 6.42 Å². The summed E-state index contributed by atoms with van der Waals surface area (Å²) in [5.74, 6) is 0. The number of carbonyl (C=O) groups is 1. The first-order valence-electron chi connectivity index (χ1n) is 6.42. The highest BCUT2D eigenvalue weighted by Gasteiger charge is 2.44. The van der Waals surface area contributed by atoms with Crippen LogP contribution in [0.5, 0.6) is 0 Å². The van der Waals surface area contributed by atoms with E-state index in [4.69, 9.17) is 0 Å². The van der Waals surface area contributed by atoms with Gasteiger partial charge in [0.05, 0.1) is 12.1 Å². The molecule has 0 spiro atoms. The van der Waals surface area contributed by atoms with Gasteiger partial charge in [-0.25, -0.2) is 4.79 Å². The van der Waals surface area contributed by atoms with Gasteiger partial charge in [-0.1, -0.05) is 31.5 Å². The molecular formula is C12H23BN2O. The lowest BCUT2D eigenvalue weighted by molar-refractivity contribution is 0.198. The van der Waals surface area contributed by atoms with Crippen LogP contribution < -0.4 is 0 Å². The molecular weight excluding hydrogens is 199 g/mol. The van der Waals surface area contributed by atoms with Crippen LogP contribution in [-0.4, -0.2) is 49.9 Å². The summed E-state index contributed by atoms with van der Waals surface area (Å²) >= 11 is 0. The van der Waals surface area contributed by atoms with E-state index in [9.17, 15) is 4.79 Å². The molecule has 1 aliphatic carbocycles. The van der Waals surface area contributed by atoms with Gasteiger partial charge >= 0.3 is 6.03 Å². The Morgan fingerprint density at radius 2 is 1.88 bits per heavy atom.